The third kappa shape index (κ3) is 4.53. The van der Waals surface area contributed by atoms with Gasteiger partial charge in [-0.15, -0.1) is 11.3 Å². The van der Waals surface area contributed by atoms with Gasteiger partial charge in [0, 0.05) is 34.1 Å². The van der Waals surface area contributed by atoms with Crippen molar-refractivity contribution in [3.8, 4) is 5.75 Å². The van der Waals surface area contributed by atoms with Crippen LogP contribution in [0.4, 0.5) is 0 Å². The first-order valence-electron chi connectivity index (χ1n) is 8.08. The highest BCUT2D eigenvalue weighted by Gasteiger charge is 2.22. The molecule has 0 spiro atoms. The number of hydrogen-bond donors (Lipinski definition) is 0. The first-order chi connectivity index (χ1) is 12.6. The summed E-state index contributed by atoms with van der Waals surface area (Å²) in [4.78, 5) is 27.2. The van der Waals surface area contributed by atoms with E-state index in [1.165, 1.54) is 16.5 Å². The minimum absolute atomic E-state index is 0.177. The first-order valence-corrected chi connectivity index (χ1v) is 9.75. The van der Waals surface area contributed by atoms with Gasteiger partial charge in [-0.25, -0.2) is 4.79 Å². The van der Waals surface area contributed by atoms with Gasteiger partial charge in [0.25, 0.3) is 5.91 Å². The zero-order valence-electron chi connectivity index (χ0n) is 14.2. The lowest BCUT2D eigenvalue weighted by molar-refractivity contribution is -0.148. The molecule has 0 radical (unpaired) electrons. The third-order valence-electron chi connectivity index (χ3n) is 4.09. The van der Waals surface area contributed by atoms with Crippen molar-refractivity contribution in [3.05, 3.63) is 56.2 Å². The van der Waals surface area contributed by atoms with E-state index in [-0.39, 0.29) is 12.5 Å². The summed E-state index contributed by atoms with van der Waals surface area (Å²) in [5, 5.41) is 2.04. The van der Waals surface area contributed by atoms with Crippen LogP contribution in [0, 0.1) is 0 Å². The first kappa shape index (κ1) is 18.7. The van der Waals surface area contributed by atoms with Crippen LogP contribution in [0.3, 0.4) is 0 Å². The quantitative estimate of drug-likeness (QED) is 0.531. The van der Waals surface area contributed by atoms with E-state index in [4.69, 9.17) is 9.47 Å². The molecule has 3 rings (SSSR count). The van der Waals surface area contributed by atoms with E-state index in [0.29, 0.717) is 18.8 Å². The van der Waals surface area contributed by atoms with Gasteiger partial charge in [-0.3, -0.25) is 4.79 Å². The molecule has 0 unspecified atom stereocenters. The number of hydrogen-bond acceptors (Lipinski definition) is 5. The van der Waals surface area contributed by atoms with Crippen LogP contribution in [0.5, 0.6) is 5.75 Å². The Bertz CT molecular complexity index is 846. The van der Waals surface area contributed by atoms with Gasteiger partial charge in [-0.1, -0.05) is 15.9 Å². The standard InChI is InChI=1S/C19H18BrNO4S/c1-24-16-4-3-15(20)10-13(16)2-5-19(23)25-12-18(22)21-8-6-17-14(11-21)7-9-26-17/h2-5,7,9-10H,6,8,11-12H2,1H3/b5-2+. The monoisotopic (exact) mass is 435 g/mol. The number of ether oxygens (including phenoxy) is 2. The van der Waals surface area contributed by atoms with E-state index in [1.54, 1.807) is 35.5 Å². The van der Waals surface area contributed by atoms with Crippen molar-refractivity contribution >= 4 is 45.2 Å². The lowest BCUT2D eigenvalue weighted by Crippen LogP contribution is -2.38. The summed E-state index contributed by atoms with van der Waals surface area (Å²) < 4.78 is 11.2. The van der Waals surface area contributed by atoms with Crippen LogP contribution in [-0.4, -0.2) is 37.0 Å². The number of rotatable bonds is 5. The molecule has 1 aromatic heterocycles. The molecule has 7 heteroatoms. The van der Waals surface area contributed by atoms with Gasteiger partial charge in [0.15, 0.2) is 6.61 Å². The Morgan fingerprint density at radius 3 is 3.00 bits per heavy atom. The smallest absolute Gasteiger partial charge is 0.331 e. The van der Waals surface area contributed by atoms with Crippen molar-refractivity contribution in [1.29, 1.82) is 0 Å². The molecule has 26 heavy (non-hydrogen) atoms. The minimum Gasteiger partial charge on any atom is -0.496 e. The summed E-state index contributed by atoms with van der Waals surface area (Å²) in [7, 11) is 1.56. The van der Waals surface area contributed by atoms with Crippen molar-refractivity contribution in [3.63, 3.8) is 0 Å². The highest BCUT2D eigenvalue weighted by Crippen LogP contribution is 2.25. The number of carbonyl (C=O) groups is 2. The zero-order chi connectivity index (χ0) is 18.5. The van der Waals surface area contributed by atoms with Gasteiger partial charge >= 0.3 is 5.97 Å². The molecule has 0 atom stereocenters. The van der Waals surface area contributed by atoms with Gasteiger partial charge in [0.2, 0.25) is 0 Å². The van der Waals surface area contributed by atoms with Crippen LogP contribution < -0.4 is 4.74 Å². The van der Waals surface area contributed by atoms with Crippen LogP contribution in [-0.2, 0) is 27.3 Å². The predicted octanol–water partition coefficient (Wildman–Crippen LogP) is 3.66. The number of esters is 1. The number of fused-ring (bicyclic) bond motifs is 1. The molecule has 1 amide bonds. The van der Waals surface area contributed by atoms with Gasteiger partial charge in [-0.2, -0.15) is 0 Å². The fraction of sp³-hybridized carbons (Fsp3) is 0.263. The van der Waals surface area contributed by atoms with Crippen molar-refractivity contribution in [2.45, 2.75) is 13.0 Å². The van der Waals surface area contributed by atoms with E-state index in [1.807, 2.05) is 23.6 Å². The average Bonchev–Trinajstić information content (AvgIpc) is 3.12. The SMILES string of the molecule is COc1ccc(Br)cc1/C=C/C(=O)OCC(=O)N1CCc2sccc2C1. The Hall–Kier alpha value is -2.12. The minimum atomic E-state index is -0.561. The van der Waals surface area contributed by atoms with E-state index >= 15 is 0 Å². The fourth-order valence-electron chi connectivity index (χ4n) is 2.73. The summed E-state index contributed by atoms with van der Waals surface area (Å²) in [5.41, 5.74) is 1.92. The highest BCUT2D eigenvalue weighted by molar-refractivity contribution is 9.10. The molecule has 2 aromatic rings. The third-order valence-corrected chi connectivity index (χ3v) is 5.61. The summed E-state index contributed by atoms with van der Waals surface area (Å²) in [5.74, 6) is -0.0922. The maximum absolute atomic E-state index is 12.3. The van der Waals surface area contributed by atoms with Crippen molar-refractivity contribution in [2.24, 2.45) is 0 Å². The second-order valence-corrected chi connectivity index (χ2v) is 7.68. The normalized spacial score (nSPS) is 13.5. The van der Waals surface area contributed by atoms with Crippen LogP contribution in [0.15, 0.2) is 40.2 Å². The van der Waals surface area contributed by atoms with Crippen molar-refractivity contribution in [1.82, 2.24) is 4.90 Å². The largest absolute Gasteiger partial charge is 0.496 e. The molecule has 1 aromatic carbocycles. The van der Waals surface area contributed by atoms with E-state index < -0.39 is 5.97 Å². The summed E-state index contributed by atoms with van der Waals surface area (Å²) in [6, 6.07) is 7.53. The molecule has 0 saturated heterocycles. The Kier molecular flexibility index (Phi) is 6.11. The van der Waals surface area contributed by atoms with E-state index in [9.17, 15) is 9.59 Å². The molecule has 0 saturated carbocycles. The number of carbonyl (C=O) groups excluding carboxylic acids is 2. The average molecular weight is 436 g/mol. The number of methoxy groups -OCH3 is 1. The van der Waals surface area contributed by atoms with Crippen molar-refractivity contribution < 1.29 is 19.1 Å². The molecule has 2 heterocycles. The van der Waals surface area contributed by atoms with Gasteiger partial charge < -0.3 is 14.4 Å². The Morgan fingerprint density at radius 1 is 1.35 bits per heavy atom. The summed E-state index contributed by atoms with van der Waals surface area (Å²) >= 11 is 5.10. The molecule has 0 aliphatic carbocycles. The Morgan fingerprint density at radius 2 is 2.19 bits per heavy atom. The second kappa shape index (κ2) is 8.51. The van der Waals surface area contributed by atoms with Gasteiger partial charge in [0.05, 0.1) is 7.11 Å². The summed E-state index contributed by atoms with van der Waals surface area (Å²) in [6.45, 7) is 0.994. The fourth-order valence-corrected chi connectivity index (χ4v) is 4.00. The molecule has 0 bridgehead atoms. The van der Waals surface area contributed by atoms with Gasteiger partial charge in [-0.05, 0) is 47.7 Å². The van der Waals surface area contributed by atoms with E-state index in [0.717, 1.165) is 16.5 Å². The molecule has 1 aliphatic heterocycles. The second-order valence-electron chi connectivity index (χ2n) is 5.76. The van der Waals surface area contributed by atoms with Crippen molar-refractivity contribution in [2.75, 3.05) is 20.3 Å². The lowest BCUT2D eigenvalue weighted by Gasteiger charge is -2.26. The van der Waals surface area contributed by atoms with E-state index in [2.05, 4.69) is 15.9 Å². The zero-order valence-corrected chi connectivity index (χ0v) is 16.6. The Labute approximate surface area is 164 Å². The molecule has 5 nitrogen and oxygen atoms in total. The number of thiophene rings is 1. The highest BCUT2D eigenvalue weighted by atomic mass is 79.9. The molecular formula is C19H18BrNO4S. The predicted molar refractivity (Wildman–Crippen MR) is 104 cm³/mol. The number of nitrogens with zero attached hydrogens (tertiary/aromatic N) is 1. The lowest BCUT2D eigenvalue weighted by atomic mass is 10.1. The van der Waals surface area contributed by atoms with Crippen LogP contribution in [0.1, 0.15) is 16.0 Å². The molecule has 1 aliphatic rings. The number of amides is 1. The van der Waals surface area contributed by atoms with Crippen LogP contribution in [0.25, 0.3) is 6.08 Å². The maximum atomic E-state index is 12.3. The number of halogens is 1. The molecule has 0 N–H and O–H groups in total. The maximum Gasteiger partial charge on any atom is 0.331 e. The molecule has 136 valence electrons. The molecule has 0 fully saturated rings. The number of benzene rings is 1. The summed E-state index contributed by atoms with van der Waals surface area (Å²) in [6.07, 6.45) is 3.76. The topological polar surface area (TPSA) is 55.8 Å². The van der Waals surface area contributed by atoms with Gasteiger partial charge in [0.1, 0.15) is 5.75 Å². The Balaban J connectivity index is 1.53. The van der Waals surface area contributed by atoms with Crippen LogP contribution in [0.2, 0.25) is 0 Å². The van der Waals surface area contributed by atoms with Crippen LogP contribution >= 0.6 is 27.3 Å². The molecular weight excluding hydrogens is 418 g/mol.